The maximum atomic E-state index is 13.1. The van der Waals surface area contributed by atoms with Gasteiger partial charge in [-0.3, -0.25) is 9.69 Å². The van der Waals surface area contributed by atoms with Gasteiger partial charge < -0.3 is 11.5 Å². The molecule has 1 fully saturated rings. The summed E-state index contributed by atoms with van der Waals surface area (Å²) in [5.41, 5.74) is 13.3. The van der Waals surface area contributed by atoms with E-state index in [9.17, 15) is 4.79 Å². The largest absolute Gasteiger partial charge is 0.369 e. The Bertz CT molecular complexity index is 903. The standard InChI is InChI=1S/C19H21BN4OS/c1-18(13-7-8-14(20)26-13)15(16(25)24(2)17(21)23-18)11-3-5-12(6-4-11)19(22)9-10-19/h3-8,15H,9-10,22H2,1-2H3,(H2,21,23)/t15-,18-/m1/s1. The molecule has 2 heterocycles. The predicted octanol–water partition coefficient (Wildman–Crippen LogP) is 1.28. The molecule has 4 rings (SSSR count). The third-order valence-corrected chi connectivity index (χ3v) is 6.70. The minimum Gasteiger partial charge on any atom is -0.369 e. The number of aliphatic imine (C=N–C) groups is 1. The molecule has 2 aliphatic rings. The summed E-state index contributed by atoms with van der Waals surface area (Å²) in [5, 5.41) is 0. The van der Waals surface area contributed by atoms with Gasteiger partial charge in [0.15, 0.2) is 5.96 Å². The molecule has 1 amide bonds. The lowest BCUT2D eigenvalue weighted by Crippen LogP contribution is -2.52. The van der Waals surface area contributed by atoms with E-state index in [1.165, 1.54) is 16.2 Å². The van der Waals surface area contributed by atoms with Gasteiger partial charge in [-0.25, -0.2) is 4.99 Å². The lowest BCUT2D eigenvalue weighted by atomic mass is 9.77. The van der Waals surface area contributed by atoms with Crippen LogP contribution in [0.5, 0.6) is 0 Å². The Labute approximate surface area is 158 Å². The Kier molecular flexibility index (Phi) is 3.79. The fraction of sp³-hybridized carbons (Fsp3) is 0.368. The van der Waals surface area contributed by atoms with Crippen LogP contribution < -0.4 is 16.2 Å². The van der Waals surface area contributed by atoms with Crippen LogP contribution in [-0.2, 0) is 15.9 Å². The molecular formula is C19H21BN4OS. The molecule has 1 aliphatic heterocycles. The number of amides is 1. The van der Waals surface area contributed by atoms with Gasteiger partial charge in [-0.05, 0) is 41.7 Å². The zero-order valence-electron chi connectivity index (χ0n) is 14.9. The average molecular weight is 364 g/mol. The monoisotopic (exact) mass is 364 g/mol. The zero-order valence-corrected chi connectivity index (χ0v) is 15.7. The molecule has 2 atom stereocenters. The molecule has 0 unspecified atom stereocenters. The number of nitrogens with two attached hydrogens (primary N) is 2. The minimum atomic E-state index is -0.794. The number of hydrogen-bond acceptors (Lipinski definition) is 5. The van der Waals surface area contributed by atoms with Crippen molar-refractivity contribution in [2.45, 2.75) is 36.8 Å². The summed E-state index contributed by atoms with van der Waals surface area (Å²) < 4.78 is 0.689. The molecule has 4 N–H and O–H groups in total. The molecule has 132 valence electrons. The quantitative estimate of drug-likeness (QED) is 0.805. The first kappa shape index (κ1) is 17.3. The van der Waals surface area contributed by atoms with Crippen LogP contribution in [0.25, 0.3) is 0 Å². The highest BCUT2D eigenvalue weighted by Gasteiger charge is 2.48. The predicted molar refractivity (Wildman–Crippen MR) is 106 cm³/mol. The molecular weight excluding hydrogens is 343 g/mol. The molecule has 1 aliphatic carbocycles. The highest BCUT2D eigenvalue weighted by atomic mass is 32.1. The number of benzene rings is 1. The van der Waals surface area contributed by atoms with Crippen molar-refractivity contribution in [3.8, 4) is 0 Å². The molecule has 0 bridgehead atoms. The summed E-state index contributed by atoms with van der Waals surface area (Å²) in [4.78, 5) is 20.2. The summed E-state index contributed by atoms with van der Waals surface area (Å²) in [6.45, 7) is 1.94. The van der Waals surface area contributed by atoms with Gasteiger partial charge >= 0.3 is 0 Å². The van der Waals surface area contributed by atoms with Gasteiger partial charge in [0.1, 0.15) is 13.4 Å². The molecule has 1 saturated carbocycles. The number of nitrogens with zero attached hydrogens (tertiary/aromatic N) is 2. The summed E-state index contributed by atoms with van der Waals surface area (Å²) >= 11 is 1.44. The zero-order chi connectivity index (χ0) is 18.7. The van der Waals surface area contributed by atoms with Gasteiger partial charge in [0.05, 0.1) is 5.92 Å². The van der Waals surface area contributed by atoms with Crippen molar-refractivity contribution in [3.05, 3.63) is 52.4 Å². The van der Waals surface area contributed by atoms with Crippen LogP contribution in [0.1, 0.15) is 41.7 Å². The maximum Gasteiger partial charge on any atom is 0.239 e. The molecule has 1 aromatic heterocycles. The first-order valence-electron chi connectivity index (χ1n) is 8.63. The van der Waals surface area contributed by atoms with E-state index in [4.69, 9.17) is 24.3 Å². The number of hydrogen-bond donors (Lipinski definition) is 2. The van der Waals surface area contributed by atoms with Crippen molar-refractivity contribution in [3.63, 3.8) is 0 Å². The van der Waals surface area contributed by atoms with Crippen molar-refractivity contribution in [1.82, 2.24) is 4.90 Å². The Balaban J connectivity index is 1.81. The van der Waals surface area contributed by atoms with Crippen molar-refractivity contribution in [1.29, 1.82) is 0 Å². The summed E-state index contributed by atoms with van der Waals surface area (Å²) in [6.07, 6.45) is 2.01. The SMILES string of the molecule is [B]c1ccc([C@@]2(C)N=C(N)N(C)C(=O)[C@H]2c2ccc(C3(N)CC3)cc2)s1. The topological polar surface area (TPSA) is 84.7 Å². The summed E-state index contributed by atoms with van der Waals surface area (Å²) in [7, 11) is 7.59. The molecule has 5 nitrogen and oxygen atoms in total. The summed E-state index contributed by atoms with van der Waals surface area (Å²) in [5.74, 6) is -0.329. The lowest BCUT2D eigenvalue weighted by molar-refractivity contribution is -0.130. The molecule has 0 saturated heterocycles. The Hall–Kier alpha value is -2.12. The number of thiophene rings is 1. The number of guanidine groups is 1. The molecule has 26 heavy (non-hydrogen) atoms. The second-order valence-electron chi connectivity index (χ2n) is 7.43. The van der Waals surface area contributed by atoms with Crippen molar-refractivity contribution >= 4 is 35.8 Å². The smallest absolute Gasteiger partial charge is 0.239 e. The third kappa shape index (κ3) is 2.58. The second kappa shape index (κ2) is 5.69. The van der Waals surface area contributed by atoms with Gasteiger partial charge in [-0.2, -0.15) is 11.3 Å². The molecule has 7 heteroatoms. The van der Waals surface area contributed by atoms with Gasteiger partial charge in [-0.15, -0.1) is 0 Å². The van der Waals surface area contributed by atoms with Crippen molar-refractivity contribution < 1.29 is 4.79 Å². The summed E-state index contributed by atoms with van der Waals surface area (Å²) in [6, 6.07) is 11.8. The Morgan fingerprint density at radius 2 is 1.88 bits per heavy atom. The van der Waals surface area contributed by atoms with Crippen LogP contribution in [0.3, 0.4) is 0 Å². The van der Waals surface area contributed by atoms with Crippen LogP contribution in [0.4, 0.5) is 0 Å². The van der Waals surface area contributed by atoms with Crippen LogP contribution in [0.2, 0.25) is 0 Å². The van der Waals surface area contributed by atoms with Gasteiger partial charge in [0, 0.05) is 17.5 Å². The van der Waals surface area contributed by atoms with Crippen LogP contribution in [0, 0.1) is 0 Å². The van der Waals surface area contributed by atoms with E-state index in [2.05, 4.69) is 0 Å². The van der Waals surface area contributed by atoms with Crippen LogP contribution in [-0.4, -0.2) is 31.7 Å². The van der Waals surface area contributed by atoms with Crippen molar-refractivity contribution in [2.75, 3.05) is 7.05 Å². The lowest BCUT2D eigenvalue weighted by Gasteiger charge is -2.40. The fourth-order valence-electron chi connectivity index (χ4n) is 3.64. The Morgan fingerprint density at radius 1 is 1.23 bits per heavy atom. The normalized spacial score (nSPS) is 27.3. The first-order valence-corrected chi connectivity index (χ1v) is 9.44. The number of carbonyl (C=O) groups is 1. The average Bonchev–Trinajstić information content (AvgIpc) is 3.20. The highest BCUT2D eigenvalue weighted by molar-refractivity contribution is 7.20. The number of rotatable bonds is 3. The number of carbonyl (C=O) groups excluding carboxylic acids is 1. The van der Waals surface area contributed by atoms with Gasteiger partial charge in [0.25, 0.3) is 0 Å². The third-order valence-electron chi connectivity index (χ3n) is 5.56. The fourth-order valence-corrected chi connectivity index (χ4v) is 4.54. The van der Waals surface area contributed by atoms with Crippen LogP contribution >= 0.6 is 11.3 Å². The van der Waals surface area contributed by atoms with Crippen LogP contribution in [0.15, 0.2) is 41.4 Å². The van der Waals surface area contributed by atoms with Crippen molar-refractivity contribution in [2.24, 2.45) is 16.5 Å². The molecule has 2 radical (unpaired) electrons. The van der Waals surface area contributed by atoms with E-state index >= 15 is 0 Å². The maximum absolute atomic E-state index is 13.1. The van der Waals surface area contributed by atoms with E-state index in [0.717, 1.165) is 28.8 Å². The van der Waals surface area contributed by atoms with Gasteiger partial charge in [-0.1, -0.05) is 30.3 Å². The highest BCUT2D eigenvalue weighted by Crippen LogP contribution is 2.46. The van der Waals surface area contributed by atoms with E-state index in [0.29, 0.717) is 4.78 Å². The number of likely N-dealkylation sites (N-methyl/N-ethyl adjacent to an activating group) is 1. The molecule has 1 aromatic carbocycles. The first-order chi connectivity index (χ1) is 12.2. The van der Waals surface area contributed by atoms with E-state index in [-0.39, 0.29) is 17.4 Å². The molecule has 0 spiro atoms. The Morgan fingerprint density at radius 3 is 2.42 bits per heavy atom. The minimum absolute atomic E-state index is 0.0754. The van der Waals surface area contributed by atoms with E-state index in [1.807, 2.05) is 43.3 Å². The molecule has 2 aromatic rings. The second-order valence-corrected chi connectivity index (χ2v) is 8.54. The van der Waals surface area contributed by atoms with Gasteiger partial charge in [0.2, 0.25) is 5.91 Å². The van der Waals surface area contributed by atoms with E-state index in [1.54, 1.807) is 7.05 Å². The van der Waals surface area contributed by atoms with E-state index < -0.39 is 11.5 Å².